The molecule has 4 aromatic rings. The molecule has 2 aromatic heterocycles. The maximum atomic E-state index is 14.0. The van der Waals surface area contributed by atoms with Crippen molar-refractivity contribution < 1.29 is 17.9 Å². The molecule has 2 aromatic carbocycles. The Bertz CT molecular complexity index is 1550. The van der Waals surface area contributed by atoms with E-state index in [1.165, 1.54) is 25.0 Å². The normalized spacial score (nSPS) is 19.5. The Balaban J connectivity index is 1.44. The number of pyridine rings is 1. The molecule has 2 fully saturated rings. The van der Waals surface area contributed by atoms with Gasteiger partial charge in [0.2, 0.25) is 0 Å². The predicted molar refractivity (Wildman–Crippen MR) is 158 cm³/mol. The molecule has 0 bridgehead atoms. The average molecular weight is 577 g/mol. The van der Waals surface area contributed by atoms with E-state index in [0.29, 0.717) is 16.5 Å². The number of benzene rings is 2. The van der Waals surface area contributed by atoms with Gasteiger partial charge in [-0.3, -0.25) is 4.98 Å². The van der Waals surface area contributed by atoms with Crippen LogP contribution < -0.4 is 15.0 Å². The van der Waals surface area contributed by atoms with E-state index in [0.717, 1.165) is 41.6 Å². The van der Waals surface area contributed by atoms with Crippen LogP contribution in [0.4, 0.5) is 18.9 Å². The number of aryl methyl sites for hydroxylation is 1. The zero-order chi connectivity index (χ0) is 28.7. The number of nitrogens with zero attached hydrogens (tertiary/aromatic N) is 3. The lowest BCUT2D eigenvalue weighted by atomic mass is 9.96. The zero-order valence-electron chi connectivity index (χ0n) is 22.9. The third-order valence-corrected chi connectivity index (χ3v) is 8.37. The molecule has 41 heavy (non-hydrogen) atoms. The Morgan fingerprint density at radius 3 is 2.34 bits per heavy atom. The molecule has 2 aliphatic rings. The Hall–Kier alpha value is -3.85. The fourth-order valence-electron chi connectivity index (χ4n) is 6.20. The summed E-state index contributed by atoms with van der Waals surface area (Å²) in [6.45, 7) is 3.70. The summed E-state index contributed by atoms with van der Waals surface area (Å²) < 4.78 is 49.9. The van der Waals surface area contributed by atoms with Crippen LogP contribution in [0.1, 0.15) is 66.0 Å². The van der Waals surface area contributed by atoms with E-state index in [2.05, 4.69) is 10.3 Å². The van der Waals surface area contributed by atoms with Gasteiger partial charge in [-0.1, -0.05) is 18.2 Å². The molecule has 1 saturated carbocycles. The van der Waals surface area contributed by atoms with Crippen LogP contribution in [0.5, 0.6) is 5.75 Å². The highest BCUT2D eigenvalue weighted by atomic mass is 32.1. The van der Waals surface area contributed by atoms with Gasteiger partial charge in [-0.25, -0.2) is 0 Å². The Morgan fingerprint density at radius 1 is 0.951 bits per heavy atom. The van der Waals surface area contributed by atoms with Gasteiger partial charge in [-0.2, -0.15) is 13.2 Å². The molecule has 0 spiro atoms. The lowest BCUT2D eigenvalue weighted by Crippen LogP contribution is -2.29. The first kappa shape index (κ1) is 27.3. The van der Waals surface area contributed by atoms with Crippen molar-refractivity contribution in [3.63, 3.8) is 0 Å². The van der Waals surface area contributed by atoms with Crippen LogP contribution in [-0.4, -0.2) is 20.8 Å². The number of thiocarbonyl (C=S) groups is 1. The number of hydrogen-bond acceptors (Lipinski definition) is 3. The van der Waals surface area contributed by atoms with Gasteiger partial charge in [0.05, 0.1) is 35.1 Å². The largest absolute Gasteiger partial charge is 0.490 e. The summed E-state index contributed by atoms with van der Waals surface area (Å²) in [5.74, 6) is 0.818. The number of para-hydroxylation sites is 1. The molecule has 212 valence electrons. The van der Waals surface area contributed by atoms with Crippen molar-refractivity contribution >= 4 is 23.0 Å². The summed E-state index contributed by atoms with van der Waals surface area (Å²) >= 11 is 5.87. The quantitative estimate of drug-likeness (QED) is 0.236. The van der Waals surface area contributed by atoms with Crippen LogP contribution >= 0.6 is 12.2 Å². The highest BCUT2D eigenvalue weighted by Crippen LogP contribution is 2.45. The number of alkyl halides is 3. The first-order valence-electron chi connectivity index (χ1n) is 13.8. The lowest BCUT2D eigenvalue weighted by molar-refractivity contribution is -0.137. The number of hydrogen-bond donors (Lipinski definition) is 1. The van der Waals surface area contributed by atoms with Crippen molar-refractivity contribution in [1.82, 2.24) is 14.9 Å². The van der Waals surface area contributed by atoms with Gasteiger partial charge in [0.1, 0.15) is 5.75 Å². The highest BCUT2D eigenvalue weighted by molar-refractivity contribution is 7.80. The third-order valence-electron chi connectivity index (χ3n) is 8.06. The molecule has 1 N–H and O–H groups in total. The minimum atomic E-state index is -4.48. The van der Waals surface area contributed by atoms with Crippen molar-refractivity contribution in [3.8, 4) is 11.4 Å². The number of rotatable bonds is 6. The van der Waals surface area contributed by atoms with E-state index in [1.807, 2.05) is 67.3 Å². The molecule has 5 nitrogen and oxygen atoms in total. The zero-order valence-corrected chi connectivity index (χ0v) is 23.7. The molecular formula is C32H31F3N4OS. The molecule has 3 heterocycles. The first-order chi connectivity index (χ1) is 19.7. The summed E-state index contributed by atoms with van der Waals surface area (Å²) in [4.78, 5) is 6.65. The Kier molecular flexibility index (Phi) is 7.23. The Morgan fingerprint density at radius 2 is 1.66 bits per heavy atom. The van der Waals surface area contributed by atoms with Gasteiger partial charge in [0, 0.05) is 23.3 Å². The fraction of sp³-hybridized carbons (Fsp3) is 0.312. The van der Waals surface area contributed by atoms with Gasteiger partial charge < -0.3 is 19.5 Å². The van der Waals surface area contributed by atoms with Crippen LogP contribution in [0.2, 0.25) is 0 Å². The summed E-state index contributed by atoms with van der Waals surface area (Å²) in [5.41, 5.74) is 3.37. The molecule has 1 saturated heterocycles. The van der Waals surface area contributed by atoms with Crippen molar-refractivity contribution in [1.29, 1.82) is 0 Å². The second kappa shape index (κ2) is 10.9. The number of anilines is 1. The molecule has 0 unspecified atom stereocenters. The number of halogens is 3. The van der Waals surface area contributed by atoms with Crippen molar-refractivity contribution in [2.45, 2.75) is 63.9 Å². The van der Waals surface area contributed by atoms with Crippen LogP contribution in [0, 0.1) is 13.8 Å². The van der Waals surface area contributed by atoms with E-state index in [4.69, 9.17) is 17.0 Å². The minimum absolute atomic E-state index is 0.101. The summed E-state index contributed by atoms with van der Waals surface area (Å²) in [6.07, 6.45) is 2.03. The van der Waals surface area contributed by atoms with E-state index in [-0.39, 0.29) is 23.9 Å². The summed E-state index contributed by atoms with van der Waals surface area (Å²) in [5, 5.41) is 3.97. The average Bonchev–Trinajstić information content (AvgIpc) is 3.67. The molecule has 6 rings (SSSR count). The molecule has 1 aliphatic carbocycles. The van der Waals surface area contributed by atoms with Crippen molar-refractivity contribution in [2.24, 2.45) is 0 Å². The monoisotopic (exact) mass is 576 g/mol. The second-order valence-corrected chi connectivity index (χ2v) is 11.1. The van der Waals surface area contributed by atoms with Crippen LogP contribution in [0.3, 0.4) is 0 Å². The van der Waals surface area contributed by atoms with Gasteiger partial charge >= 0.3 is 6.18 Å². The third kappa shape index (κ3) is 5.19. The standard InChI is InChI=1S/C32H31F3N4OS/c1-20-19-25(21(2)38(20)28-13-6-5-11-26(28)32(33,34)35)30-29(27-12-7-8-18-36-27)37-31(41)39(30)22-14-16-24(17-15-22)40-23-9-3-4-10-23/h5-8,11-19,23,29-30H,3-4,9-10H2,1-2H3,(H,37,41)/t29-,30+/m1/s1. The van der Waals surface area contributed by atoms with Crippen LogP contribution in [0.25, 0.3) is 5.69 Å². The molecule has 1 aliphatic heterocycles. The van der Waals surface area contributed by atoms with Crippen molar-refractivity contribution in [2.75, 3.05) is 4.90 Å². The van der Waals surface area contributed by atoms with Crippen LogP contribution in [-0.2, 0) is 6.18 Å². The second-order valence-electron chi connectivity index (χ2n) is 10.7. The van der Waals surface area contributed by atoms with Gasteiger partial charge in [0.25, 0.3) is 0 Å². The van der Waals surface area contributed by atoms with E-state index in [1.54, 1.807) is 16.8 Å². The van der Waals surface area contributed by atoms with Gasteiger partial charge in [0.15, 0.2) is 5.11 Å². The lowest BCUT2D eigenvalue weighted by Gasteiger charge is -2.28. The molecular weight excluding hydrogens is 545 g/mol. The number of ether oxygens (including phenoxy) is 1. The number of aromatic nitrogens is 2. The van der Waals surface area contributed by atoms with Gasteiger partial charge in [-0.05, 0) is 112 Å². The summed E-state index contributed by atoms with van der Waals surface area (Å²) in [7, 11) is 0. The smallest absolute Gasteiger partial charge is 0.418 e. The van der Waals surface area contributed by atoms with E-state index < -0.39 is 11.7 Å². The fourth-order valence-corrected chi connectivity index (χ4v) is 6.55. The predicted octanol–water partition coefficient (Wildman–Crippen LogP) is 8.01. The SMILES string of the molecule is Cc1cc([C@H]2[C@@H](c3ccccn3)NC(=S)N2c2ccc(OC3CCCC3)cc2)c(C)n1-c1ccccc1C(F)(F)F. The molecule has 9 heteroatoms. The summed E-state index contributed by atoms with van der Waals surface area (Å²) in [6, 6.07) is 20.6. The topological polar surface area (TPSA) is 42.3 Å². The molecule has 0 amide bonds. The van der Waals surface area contributed by atoms with Gasteiger partial charge in [-0.15, -0.1) is 0 Å². The molecule has 2 atom stereocenters. The maximum absolute atomic E-state index is 14.0. The van der Waals surface area contributed by atoms with E-state index in [9.17, 15) is 13.2 Å². The van der Waals surface area contributed by atoms with E-state index >= 15 is 0 Å². The first-order valence-corrected chi connectivity index (χ1v) is 14.3. The molecule has 0 radical (unpaired) electrons. The minimum Gasteiger partial charge on any atom is -0.490 e. The highest BCUT2D eigenvalue weighted by Gasteiger charge is 2.43. The number of nitrogens with one attached hydrogen (secondary N) is 1. The Labute approximate surface area is 243 Å². The maximum Gasteiger partial charge on any atom is 0.418 e. The van der Waals surface area contributed by atoms with Crippen molar-refractivity contribution in [3.05, 3.63) is 107 Å². The van der Waals surface area contributed by atoms with Crippen LogP contribution in [0.15, 0.2) is 79.0 Å².